The van der Waals surface area contributed by atoms with Crippen molar-refractivity contribution < 1.29 is 14.3 Å². The lowest BCUT2D eigenvalue weighted by Gasteiger charge is -2.36. The maximum atomic E-state index is 12.0. The smallest absolute Gasteiger partial charge is 0.249 e. The van der Waals surface area contributed by atoms with Crippen LogP contribution in [0, 0.1) is 11.3 Å². The predicted octanol–water partition coefficient (Wildman–Crippen LogP) is 0.0157. The molecule has 7 nitrogen and oxygen atoms in total. The number of amides is 1. The number of nitriles is 1. The summed E-state index contributed by atoms with van der Waals surface area (Å²) in [7, 11) is 1.63. The number of carbonyl (C=O) groups excluding carboxylic acids is 1. The molecule has 2 aliphatic heterocycles. The Morgan fingerprint density at radius 2 is 2.36 bits per heavy atom. The molecule has 1 aromatic heterocycles. The van der Waals surface area contributed by atoms with Gasteiger partial charge in [0, 0.05) is 32.9 Å². The van der Waals surface area contributed by atoms with E-state index in [-0.39, 0.29) is 24.7 Å². The second-order valence-corrected chi connectivity index (χ2v) is 5.42. The molecule has 0 unspecified atom stereocenters. The minimum atomic E-state index is -0.00741. The fourth-order valence-electron chi connectivity index (χ4n) is 2.97. The molecule has 2 aliphatic rings. The summed E-state index contributed by atoms with van der Waals surface area (Å²) < 4.78 is 10.8. The Hall–Kier alpha value is -2.17. The minimum absolute atomic E-state index is 0.00735. The number of rotatable bonds is 4. The van der Waals surface area contributed by atoms with Gasteiger partial charge in [0.05, 0.1) is 24.3 Å². The van der Waals surface area contributed by atoms with Gasteiger partial charge in [-0.25, -0.2) is 4.98 Å². The maximum Gasteiger partial charge on any atom is 0.249 e. The van der Waals surface area contributed by atoms with Gasteiger partial charge in [-0.3, -0.25) is 4.79 Å². The summed E-state index contributed by atoms with van der Waals surface area (Å²) in [5.41, 5.74) is 0.536. The second-order valence-electron chi connectivity index (χ2n) is 5.42. The average molecular weight is 302 g/mol. The summed E-state index contributed by atoms with van der Waals surface area (Å²) in [5.74, 6) is 0.809. The standard InChI is InChI=1S/C15H18N4O3/c1-21-5-4-19-12-8-18(9-13(12)22-10-15(19)20)14-3-2-11(6-16)7-17-14/h2-3,7,12-13H,4-5,8-10H2,1H3/t12-,13+/m1/s1. The molecular weight excluding hydrogens is 284 g/mol. The SMILES string of the molecule is COCCN1C(=O)CO[C@H]2CN(c3ccc(C#N)cn3)C[C@H]21. The Morgan fingerprint density at radius 3 is 3.05 bits per heavy atom. The summed E-state index contributed by atoms with van der Waals surface area (Å²) in [6.07, 6.45) is 1.55. The molecule has 0 N–H and O–H groups in total. The number of fused-ring (bicyclic) bond motifs is 1. The van der Waals surface area contributed by atoms with Crippen molar-refractivity contribution in [2.45, 2.75) is 12.1 Å². The first kappa shape index (κ1) is 14.8. The molecule has 3 rings (SSSR count). The van der Waals surface area contributed by atoms with E-state index in [0.717, 1.165) is 5.82 Å². The van der Waals surface area contributed by atoms with E-state index in [0.29, 0.717) is 31.8 Å². The molecule has 1 amide bonds. The highest BCUT2D eigenvalue weighted by Gasteiger charge is 2.43. The molecule has 0 spiro atoms. The monoisotopic (exact) mass is 302 g/mol. The Bertz CT molecular complexity index is 583. The molecule has 2 fully saturated rings. The molecule has 2 atom stereocenters. The zero-order valence-corrected chi connectivity index (χ0v) is 12.4. The minimum Gasteiger partial charge on any atom is -0.383 e. The predicted molar refractivity (Wildman–Crippen MR) is 78.3 cm³/mol. The normalized spacial score (nSPS) is 24.3. The van der Waals surface area contributed by atoms with Gasteiger partial charge in [0.1, 0.15) is 18.5 Å². The Morgan fingerprint density at radius 1 is 1.50 bits per heavy atom. The fourth-order valence-corrected chi connectivity index (χ4v) is 2.97. The molecular formula is C15H18N4O3. The highest BCUT2D eigenvalue weighted by atomic mass is 16.5. The van der Waals surface area contributed by atoms with E-state index in [9.17, 15) is 4.79 Å². The lowest BCUT2D eigenvalue weighted by atomic mass is 10.1. The highest BCUT2D eigenvalue weighted by Crippen LogP contribution is 2.26. The highest BCUT2D eigenvalue weighted by molar-refractivity contribution is 5.79. The van der Waals surface area contributed by atoms with Crippen molar-refractivity contribution in [2.75, 3.05) is 44.9 Å². The van der Waals surface area contributed by atoms with E-state index < -0.39 is 0 Å². The maximum absolute atomic E-state index is 12.0. The first-order valence-corrected chi connectivity index (χ1v) is 7.24. The van der Waals surface area contributed by atoms with E-state index >= 15 is 0 Å². The largest absolute Gasteiger partial charge is 0.383 e. The third kappa shape index (κ3) is 2.75. The summed E-state index contributed by atoms with van der Waals surface area (Å²) in [6.45, 7) is 2.59. The van der Waals surface area contributed by atoms with Crippen molar-refractivity contribution in [2.24, 2.45) is 0 Å². The molecule has 3 heterocycles. The molecule has 7 heteroatoms. The number of methoxy groups -OCH3 is 1. The van der Waals surface area contributed by atoms with Crippen LogP contribution in [0.15, 0.2) is 18.3 Å². The van der Waals surface area contributed by atoms with Crippen LogP contribution in [0.2, 0.25) is 0 Å². The van der Waals surface area contributed by atoms with Crippen molar-refractivity contribution in [1.29, 1.82) is 5.26 Å². The van der Waals surface area contributed by atoms with Gasteiger partial charge >= 0.3 is 0 Å². The molecule has 0 aliphatic carbocycles. The van der Waals surface area contributed by atoms with Gasteiger partial charge in [-0.2, -0.15) is 5.26 Å². The summed E-state index contributed by atoms with van der Waals surface area (Å²) in [4.78, 5) is 20.3. The van der Waals surface area contributed by atoms with Crippen LogP contribution in [0.1, 0.15) is 5.56 Å². The van der Waals surface area contributed by atoms with Crippen LogP contribution in [0.5, 0.6) is 0 Å². The van der Waals surface area contributed by atoms with Crippen LogP contribution in [0.4, 0.5) is 5.82 Å². The number of hydrogen-bond acceptors (Lipinski definition) is 6. The molecule has 0 bridgehead atoms. The van der Waals surface area contributed by atoms with Crippen LogP contribution >= 0.6 is 0 Å². The average Bonchev–Trinajstić information content (AvgIpc) is 2.98. The molecule has 0 radical (unpaired) electrons. The van der Waals surface area contributed by atoms with Crippen molar-refractivity contribution in [3.63, 3.8) is 0 Å². The Kier molecular flexibility index (Phi) is 4.22. The number of morpholine rings is 1. The number of carbonyl (C=O) groups is 1. The van der Waals surface area contributed by atoms with E-state index in [1.807, 2.05) is 11.0 Å². The van der Waals surface area contributed by atoms with Crippen molar-refractivity contribution in [3.8, 4) is 6.07 Å². The summed E-state index contributed by atoms with van der Waals surface area (Å²) in [5, 5.41) is 8.83. The summed E-state index contributed by atoms with van der Waals surface area (Å²) >= 11 is 0. The first-order chi connectivity index (χ1) is 10.7. The molecule has 0 aromatic carbocycles. The lowest BCUT2D eigenvalue weighted by molar-refractivity contribution is -0.153. The van der Waals surface area contributed by atoms with Gasteiger partial charge in [0.25, 0.3) is 0 Å². The Labute approximate surface area is 129 Å². The van der Waals surface area contributed by atoms with Gasteiger partial charge in [-0.15, -0.1) is 0 Å². The topological polar surface area (TPSA) is 78.7 Å². The zero-order chi connectivity index (χ0) is 15.5. The van der Waals surface area contributed by atoms with E-state index in [4.69, 9.17) is 14.7 Å². The number of hydrogen-bond donors (Lipinski definition) is 0. The van der Waals surface area contributed by atoms with Crippen LogP contribution < -0.4 is 4.90 Å². The number of aromatic nitrogens is 1. The molecule has 1 aromatic rings. The third-order valence-corrected chi connectivity index (χ3v) is 4.12. The van der Waals surface area contributed by atoms with Crippen molar-refractivity contribution in [1.82, 2.24) is 9.88 Å². The molecule has 116 valence electrons. The number of nitrogens with zero attached hydrogens (tertiary/aromatic N) is 4. The van der Waals surface area contributed by atoms with Gasteiger partial charge in [0.15, 0.2) is 0 Å². The van der Waals surface area contributed by atoms with Gasteiger partial charge in [-0.1, -0.05) is 0 Å². The van der Waals surface area contributed by atoms with Crippen LogP contribution in [0.25, 0.3) is 0 Å². The second kappa shape index (κ2) is 6.30. The van der Waals surface area contributed by atoms with Crippen LogP contribution in [-0.2, 0) is 14.3 Å². The van der Waals surface area contributed by atoms with Crippen LogP contribution in [-0.4, -0.2) is 67.9 Å². The third-order valence-electron chi connectivity index (χ3n) is 4.12. The zero-order valence-electron chi connectivity index (χ0n) is 12.4. The number of pyridine rings is 1. The van der Waals surface area contributed by atoms with Crippen LogP contribution in [0.3, 0.4) is 0 Å². The van der Waals surface area contributed by atoms with Gasteiger partial charge in [0.2, 0.25) is 5.91 Å². The van der Waals surface area contributed by atoms with Crippen molar-refractivity contribution >= 4 is 11.7 Å². The fraction of sp³-hybridized carbons (Fsp3) is 0.533. The van der Waals surface area contributed by atoms with E-state index in [1.54, 1.807) is 19.4 Å². The first-order valence-electron chi connectivity index (χ1n) is 7.24. The number of ether oxygens (including phenoxy) is 2. The van der Waals surface area contributed by atoms with Gasteiger partial charge in [-0.05, 0) is 12.1 Å². The molecule has 0 saturated carbocycles. The quantitative estimate of drug-likeness (QED) is 0.780. The Balaban J connectivity index is 1.73. The van der Waals surface area contributed by atoms with Crippen molar-refractivity contribution in [3.05, 3.63) is 23.9 Å². The molecule has 22 heavy (non-hydrogen) atoms. The van der Waals surface area contributed by atoms with Gasteiger partial charge < -0.3 is 19.3 Å². The van der Waals surface area contributed by atoms with E-state index in [1.165, 1.54) is 0 Å². The number of anilines is 1. The van der Waals surface area contributed by atoms with E-state index in [2.05, 4.69) is 16.0 Å². The lowest BCUT2D eigenvalue weighted by Crippen LogP contribution is -2.54. The molecule has 2 saturated heterocycles. The summed E-state index contributed by atoms with van der Waals surface area (Å²) in [6, 6.07) is 5.66.